The number of nitrogens with two attached hydrogens (primary N) is 1. The lowest BCUT2D eigenvalue weighted by Crippen LogP contribution is -2.46. The van der Waals surface area contributed by atoms with Gasteiger partial charge in [-0.25, -0.2) is 22.0 Å². The quantitative estimate of drug-likeness (QED) is 0.199. The summed E-state index contributed by atoms with van der Waals surface area (Å²) >= 11 is 7.84. The summed E-state index contributed by atoms with van der Waals surface area (Å²) in [4.78, 5) is 12.6. The summed E-state index contributed by atoms with van der Waals surface area (Å²) in [5.74, 6) is -1.86. The van der Waals surface area contributed by atoms with Gasteiger partial charge in [0, 0.05) is 48.9 Å². The fourth-order valence-corrected chi connectivity index (χ4v) is 9.63. The van der Waals surface area contributed by atoms with Crippen LogP contribution < -0.4 is 20.1 Å². The van der Waals surface area contributed by atoms with E-state index in [1.165, 1.54) is 11.0 Å². The molecule has 3 saturated heterocycles. The number of halogens is 6. The van der Waals surface area contributed by atoms with Crippen LogP contribution in [0.4, 0.5) is 32.8 Å². The highest BCUT2D eigenvalue weighted by Crippen LogP contribution is 2.51. The van der Waals surface area contributed by atoms with Crippen LogP contribution in [0.2, 0.25) is 5.02 Å². The zero-order valence-electron chi connectivity index (χ0n) is 26.7. The number of benzene rings is 2. The maximum absolute atomic E-state index is 17.3. The molecule has 264 valence electrons. The van der Waals surface area contributed by atoms with Crippen molar-refractivity contribution in [3.63, 3.8) is 0 Å². The molecule has 16 heteroatoms. The highest BCUT2D eigenvalue weighted by molar-refractivity contribution is 7.23. The van der Waals surface area contributed by atoms with Crippen molar-refractivity contribution in [1.29, 1.82) is 5.26 Å². The van der Waals surface area contributed by atoms with Crippen LogP contribution >= 0.6 is 22.9 Å². The first-order chi connectivity index (χ1) is 24.1. The molecule has 2 N–H and O–H groups in total. The molecule has 0 bridgehead atoms. The number of ether oxygens (including phenoxy) is 3. The van der Waals surface area contributed by atoms with Gasteiger partial charge in [0.1, 0.15) is 41.0 Å². The van der Waals surface area contributed by atoms with Crippen LogP contribution in [0.15, 0.2) is 12.1 Å². The average molecular weight is 735 g/mol. The second-order valence-electron chi connectivity index (χ2n) is 13.4. The molecule has 0 amide bonds. The summed E-state index contributed by atoms with van der Waals surface area (Å²) in [5, 5.41) is 9.80. The van der Waals surface area contributed by atoms with E-state index in [1.54, 1.807) is 0 Å². The number of aromatic nitrogens is 2. The fourth-order valence-electron chi connectivity index (χ4n) is 8.35. The van der Waals surface area contributed by atoms with Crippen molar-refractivity contribution >= 4 is 54.7 Å². The smallest absolute Gasteiger partial charge is 0.319 e. The average Bonchev–Trinajstić information content (AvgIpc) is 3.86. The molecule has 2 aromatic heterocycles. The minimum Gasteiger partial charge on any atom is -0.491 e. The van der Waals surface area contributed by atoms with Gasteiger partial charge in [-0.2, -0.15) is 15.2 Å². The number of hydrogen-bond donors (Lipinski definition) is 1. The van der Waals surface area contributed by atoms with Crippen molar-refractivity contribution in [2.45, 2.75) is 56.3 Å². The Bertz CT molecular complexity index is 2040. The van der Waals surface area contributed by atoms with Crippen molar-refractivity contribution in [2.24, 2.45) is 5.92 Å². The van der Waals surface area contributed by atoms with E-state index in [0.29, 0.717) is 39.0 Å². The first-order valence-corrected chi connectivity index (χ1v) is 17.7. The number of alkyl halides is 3. The van der Waals surface area contributed by atoms with Crippen LogP contribution in [0.3, 0.4) is 0 Å². The lowest BCUT2D eigenvalue weighted by molar-refractivity contribution is 0.107. The van der Waals surface area contributed by atoms with Gasteiger partial charge in [0.15, 0.2) is 11.6 Å². The number of nitrogens with zero attached hydrogens (tertiary/aromatic N) is 5. The van der Waals surface area contributed by atoms with Crippen molar-refractivity contribution < 1.29 is 36.2 Å². The van der Waals surface area contributed by atoms with E-state index in [0.717, 1.165) is 23.8 Å². The molecular formula is C34H32ClF5N6O3S. The van der Waals surface area contributed by atoms with Crippen molar-refractivity contribution in [3.05, 3.63) is 34.4 Å². The third-order valence-corrected chi connectivity index (χ3v) is 11.9. The third-order valence-electron chi connectivity index (χ3n) is 10.5. The molecule has 0 radical (unpaired) electrons. The Labute approximate surface area is 292 Å². The molecule has 0 aliphatic carbocycles. The molecule has 9 nitrogen and oxygen atoms in total. The van der Waals surface area contributed by atoms with Gasteiger partial charge in [-0.05, 0) is 37.4 Å². The Morgan fingerprint density at radius 2 is 2.04 bits per heavy atom. The molecule has 8 rings (SSSR count). The largest absolute Gasteiger partial charge is 0.491 e. The first-order valence-electron chi connectivity index (χ1n) is 16.5. The third kappa shape index (κ3) is 5.37. The molecule has 4 aromatic rings. The van der Waals surface area contributed by atoms with Crippen LogP contribution in [0.1, 0.15) is 37.7 Å². The molecule has 2 unspecified atom stereocenters. The number of fused-ring (bicyclic) bond motifs is 2. The van der Waals surface area contributed by atoms with Crippen LogP contribution in [-0.4, -0.2) is 85.1 Å². The highest BCUT2D eigenvalue weighted by Gasteiger charge is 2.49. The summed E-state index contributed by atoms with van der Waals surface area (Å²) < 4.78 is 93.8. The van der Waals surface area contributed by atoms with Crippen molar-refractivity contribution in [2.75, 3.05) is 56.7 Å². The summed E-state index contributed by atoms with van der Waals surface area (Å²) in [5.41, 5.74) is 4.96. The lowest BCUT2D eigenvalue weighted by atomic mass is 9.93. The van der Waals surface area contributed by atoms with Gasteiger partial charge in [-0.15, -0.1) is 11.3 Å². The van der Waals surface area contributed by atoms with Gasteiger partial charge < -0.3 is 24.8 Å². The molecule has 0 spiro atoms. The van der Waals surface area contributed by atoms with Gasteiger partial charge in [0.2, 0.25) is 0 Å². The Morgan fingerprint density at radius 1 is 1.20 bits per heavy atom. The van der Waals surface area contributed by atoms with E-state index in [4.69, 9.17) is 31.5 Å². The summed E-state index contributed by atoms with van der Waals surface area (Å²) in [6, 6.07) is 3.62. The number of nitriles is 1. The second kappa shape index (κ2) is 12.8. The van der Waals surface area contributed by atoms with Gasteiger partial charge in [-0.1, -0.05) is 17.7 Å². The number of anilines is 2. The summed E-state index contributed by atoms with van der Waals surface area (Å²) in [6.45, 7) is 1.12. The second-order valence-corrected chi connectivity index (χ2v) is 14.8. The predicted octanol–water partition coefficient (Wildman–Crippen LogP) is 7.11. The maximum atomic E-state index is 17.3. The molecule has 6 heterocycles. The molecule has 2 aromatic carbocycles. The molecule has 4 atom stereocenters. The van der Waals surface area contributed by atoms with Crippen LogP contribution in [0.25, 0.3) is 32.1 Å². The summed E-state index contributed by atoms with van der Waals surface area (Å²) in [7, 11) is 0. The van der Waals surface area contributed by atoms with Crippen LogP contribution in [-0.2, 0) is 4.74 Å². The Kier molecular flexibility index (Phi) is 8.56. The zero-order chi connectivity index (χ0) is 34.9. The maximum Gasteiger partial charge on any atom is 0.319 e. The van der Waals surface area contributed by atoms with Crippen molar-refractivity contribution in [1.82, 2.24) is 14.9 Å². The molecule has 3 fully saturated rings. The van der Waals surface area contributed by atoms with E-state index < -0.39 is 42.4 Å². The molecular weight excluding hydrogens is 703 g/mol. The standard InChI is InChI=1S/C34H32ClF5N6O3S/c35-26-24(18-2-3-20(37)30-23(18)19(11-41)31(42)50-30)27(40)28-25-29(26)48-9-5-21(16-4-8-47-14-16)46(13-22(38)39)32(25)44-33(43-28)49-15-34-6-1-7-45(34)12-17(36)10-34/h2-3,16-17,21-22H,1,4-10,12-15,42H2/t16?,17-,21?,34+/m1/s1. The summed E-state index contributed by atoms with van der Waals surface area (Å²) in [6.07, 6.45) is -1.10. The van der Waals surface area contributed by atoms with Gasteiger partial charge in [0.25, 0.3) is 6.43 Å². The van der Waals surface area contributed by atoms with Crippen LogP contribution in [0, 0.1) is 28.9 Å². The van der Waals surface area contributed by atoms with E-state index in [2.05, 4.69) is 9.97 Å². The van der Waals surface area contributed by atoms with E-state index in [-0.39, 0.29) is 97.4 Å². The van der Waals surface area contributed by atoms with Gasteiger partial charge >= 0.3 is 6.01 Å². The van der Waals surface area contributed by atoms with Crippen LogP contribution in [0.5, 0.6) is 11.8 Å². The van der Waals surface area contributed by atoms with Gasteiger partial charge in [-0.3, -0.25) is 4.90 Å². The van der Waals surface area contributed by atoms with Gasteiger partial charge in [0.05, 0.1) is 46.0 Å². The molecule has 4 aliphatic heterocycles. The number of rotatable bonds is 7. The minimum absolute atomic E-state index is 0.0107. The monoisotopic (exact) mass is 734 g/mol. The first kappa shape index (κ1) is 33.4. The minimum atomic E-state index is -2.79. The van der Waals surface area contributed by atoms with Crippen molar-refractivity contribution in [3.8, 4) is 29.0 Å². The zero-order valence-corrected chi connectivity index (χ0v) is 28.2. The highest BCUT2D eigenvalue weighted by atomic mass is 35.5. The number of hydrogen-bond acceptors (Lipinski definition) is 10. The molecule has 50 heavy (non-hydrogen) atoms. The van der Waals surface area contributed by atoms with E-state index >= 15 is 8.78 Å². The number of thiophene rings is 1. The lowest BCUT2D eigenvalue weighted by Gasteiger charge is -2.38. The normalized spacial score (nSPS) is 25.2. The fraction of sp³-hybridized carbons (Fsp3) is 0.500. The van der Waals surface area contributed by atoms with E-state index in [1.807, 2.05) is 11.0 Å². The molecule has 0 saturated carbocycles. The Morgan fingerprint density at radius 3 is 2.80 bits per heavy atom. The Balaban J connectivity index is 1.37. The SMILES string of the molecule is N#Cc1c(N)sc2c(F)ccc(-c3c(Cl)c4c5c(nc(OC[C@@]67CCCN6C[C@H](F)C7)nc5c3F)N(CC(F)F)C(C3CCOC3)CCO4)c12. The van der Waals surface area contributed by atoms with E-state index in [9.17, 15) is 18.4 Å². The predicted molar refractivity (Wildman–Crippen MR) is 179 cm³/mol. The Hall–Kier alpha value is -3.71. The number of nitrogen functional groups attached to an aromatic ring is 1. The molecule has 4 aliphatic rings. The topological polar surface area (TPSA) is 110 Å².